The van der Waals surface area contributed by atoms with Crippen molar-refractivity contribution in [3.8, 4) is 45.3 Å². The predicted octanol–water partition coefficient (Wildman–Crippen LogP) is 8.85. The minimum atomic E-state index is 0.661. The second-order valence-electron chi connectivity index (χ2n) is 9.27. The molecule has 0 N–H and O–H groups in total. The molecule has 0 amide bonds. The van der Waals surface area contributed by atoms with E-state index in [4.69, 9.17) is 15.0 Å². The predicted molar refractivity (Wildman–Crippen MR) is 157 cm³/mol. The molecule has 0 radical (unpaired) electrons. The van der Waals surface area contributed by atoms with Crippen LogP contribution in [0, 0.1) is 0 Å². The zero-order chi connectivity index (χ0) is 25.3. The zero-order valence-corrected chi connectivity index (χ0v) is 20.6. The molecule has 7 aromatic rings. The minimum Gasteiger partial charge on any atom is -0.208 e. The SMILES string of the molecule is c1ccc(-c2nc(-c3ccccc3)nc(-c3cccc4cccc(-c5cccc6ccccc56)c34)n2)cc1. The minimum absolute atomic E-state index is 0.661. The molecule has 0 saturated carbocycles. The standard InChI is InChI=1S/C35H23N3/c1-3-13-26(14-4-1)33-36-34(27-15-5-2-6-16-27)38-35(37-33)31-23-11-19-25-18-10-22-30(32(25)31)29-21-9-17-24-12-7-8-20-28(24)29/h1-23H. The highest BCUT2D eigenvalue weighted by atomic mass is 15.0. The monoisotopic (exact) mass is 485 g/mol. The van der Waals surface area contributed by atoms with Crippen molar-refractivity contribution in [3.05, 3.63) is 140 Å². The van der Waals surface area contributed by atoms with Gasteiger partial charge in [0.2, 0.25) is 0 Å². The van der Waals surface area contributed by atoms with Gasteiger partial charge in [0.25, 0.3) is 0 Å². The van der Waals surface area contributed by atoms with Gasteiger partial charge in [0.15, 0.2) is 17.5 Å². The van der Waals surface area contributed by atoms with Crippen LogP contribution < -0.4 is 0 Å². The van der Waals surface area contributed by atoms with E-state index in [1.807, 2.05) is 60.7 Å². The lowest BCUT2D eigenvalue weighted by Crippen LogP contribution is -2.00. The van der Waals surface area contributed by atoms with Crippen LogP contribution in [0.25, 0.3) is 66.8 Å². The molecule has 38 heavy (non-hydrogen) atoms. The molecule has 0 aliphatic carbocycles. The van der Waals surface area contributed by atoms with E-state index in [-0.39, 0.29) is 0 Å². The maximum atomic E-state index is 5.02. The highest BCUT2D eigenvalue weighted by Crippen LogP contribution is 2.39. The van der Waals surface area contributed by atoms with Gasteiger partial charge in [-0.1, -0.05) is 140 Å². The van der Waals surface area contributed by atoms with Crippen molar-refractivity contribution < 1.29 is 0 Å². The Balaban J connectivity index is 1.53. The molecule has 0 spiro atoms. The van der Waals surface area contributed by atoms with Gasteiger partial charge in [-0.3, -0.25) is 0 Å². The van der Waals surface area contributed by atoms with Crippen LogP contribution in [0.5, 0.6) is 0 Å². The van der Waals surface area contributed by atoms with Gasteiger partial charge in [-0.05, 0) is 27.3 Å². The van der Waals surface area contributed by atoms with Crippen molar-refractivity contribution >= 4 is 21.5 Å². The van der Waals surface area contributed by atoms with Crippen molar-refractivity contribution in [1.29, 1.82) is 0 Å². The van der Waals surface area contributed by atoms with Crippen molar-refractivity contribution in [2.45, 2.75) is 0 Å². The van der Waals surface area contributed by atoms with E-state index in [1.165, 1.54) is 16.3 Å². The molecular formula is C35H23N3. The van der Waals surface area contributed by atoms with Gasteiger partial charge in [-0.2, -0.15) is 0 Å². The Hall–Kier alpha value is -5.15. The van der Waals surface area contributed by atoms with Crippen LogP contribution in [0.2, 0.25) is 0 Å². The summed E-state index contributed by atoms with van der Waals surface area (Å²) >= 11 is 0. The fourth-order valence-electron chi connectivity index (χ4n) is 5.14. The van der Waals surface area contributed by atoms with Gasteiger partial charge in [-0.25, -0.2) is 15.0 Å². The molecule has 7 rings (SSSR count). The van der Waals surface area contributed by atoms with Gasteiger partial charge in [0.1, 0.15) is 0 Å². The molecule has 6 aromatic carbocycles. The summed E-state index contributed by atoms with van der Waals surface area (Å²) in [4.78, 5) is 14.9. The summed E-state index contributed by atoms with van der Waals surface area (Å²) < 4.78 is 0. The van der Waals surface area contributed by atoms with E-state index >= 15 is 0 Å². The van der Waals surface area contributed by atoms with E-state index in [0.717, 1.165) is 33.0 Å². The van der Waals surface area contributed by atoms with Crippen molar-refractivity contribution in [3.63, 3.8) is 0 Å². The molecule has 0 saturated heterocycles. The molecule has 0 atom stereocenters. The van der Waals surface area contributed by atoms with Crippen LogP contribution in [0.3, 0.4) is 0 Å². The van der Waals surface area contributed by atoms with Crippen LogP contribution in [-0.4, -0.2) is 15.0 Å². The molecule has 3 nitrogen and oxygen atoms in total. The normalized spacial score (nSPS) is 11.2. The fraction of sp³-hybridized carbons (Fsp3) is 0. The summed E-state index contributed by atoms with van der Waals surface area (Å²) in [5.41, 5.74) is 5.27. The van der Waals surface area contributed by atoms with Crippen LogP contribution in [0.15, 0.2) is 140 Å². The Morgan fingerprint density at radius 3 is 1.45 bits per heavy atom. The van der Waals surface area contributed by atoms with E-state index in [1.54, 1.807) is 0 Å². The number of hydrogen-bond donors (Lipinski definition) is 0. The number of rotatable bonds is 4. The maximum absolute atomic E-state index is 5.02. The Morgan fingerprint density at radius 2 is 0.789 bits per heavy atom. The number of hydrogen-bond acceptors (Lipinski definition) is 3. The van der Waals surface area contributed by atoms with Gasteiger partial charge in [-0.15, -0.1) is 0 Å². The lowest BCUT2D eigenvalue weighted by molar-refractivity contribution is 1.08. The lowest BCUT2D eigenvalue weighted by Gasteiger charge is -2.14. The van der Waals surface area contributed by atoms with Crippen molar-refractivity contribution in [2.75, 3.05) is 0 Å². The average molecular weight is 486 g/mol. The number of fused-ring (bicyclic) bond motifs is 2. The highest BCUT2D eigenvalue weighted by molar-refractivity contribution is 6.10. The first kappa shape index (κ1) is 22.1. The average Bonchev–Trinajstić information content (AvgIpc) is 3.01. The molecule has 1 heterocycles. The molecule has 0 fully saturated rings. The fourth-order valence-corrected chi connectivity index (χ4v) is 5.14. The zero-order valence-electron chi connectivity index (χ0n) is 20.6. The summed E-state index contributed by atoms with van der Waals surface area (Å²) in [7, 11) is 0. The van der Waals surface area contributed by atoms with E-state index < -0.39 is 0 Å². The topological polar surface area (TPSA) is 38.7 Å². The molecular weight excluding hydrogens is 462 g/mol. The van der Waals surface area contributed by atoms with E-state index in [2.05, 4.69) is 78.9 Å². The second-order valence-corrected chi connectivity index (χ2v) is 9.27. The molecule has 0 aliphatic heterocycles. The largest absolute Gasteiger partial charge is 0.208 e. The first-order valence-corrected chi connectivity index (χ1v) is 12.7. The molecule has 178 valence electrons. The van der Waals surface area contributed by atoms with E-state index in [0.29, 0.717) is 17.5 Å². The van der Waals surface area contributed by atoms with E-state index in [9.17, 15) is 0 Å². The van der Waals surface area contributed by atoms with Crippen molar-refractivity contribution in [1.82, 2.24) is 15.0 Å². The smallest absolute Gasteiger partial charge is 0.164 e. The summed E-state index contributed by atoms with van der Waals surface area (Å²) in [5, 5.41) is 4.73. The van der Waals surface area contributed by atoms with Crippen LogP contribution in [-0.2, 0) is 0 Å². The van der Waals surface area contributed by atoms with Gasteiger partial charge < -0.3 is 0 Å². The van der Waals surface area contributed by atoms with Gasteiger partial charge in [0.05, 0.1) is 0 Å². The maximum Gasteiger partial charge on any atom is 0.164 e. The Morgan fingerprint density at radius 1 is 0.316 bits per heavy atom. The van der Waals surface area contributed by atoms with Crippen LogP contribution in [0.4, 0.5) is 0 Å². The number of aromatic nitrogens is 3. The molecule has 3 heteroatoms. The molecule has 0 unspecified atom stereocenters. The Labute approximate surface area is 221 Å². The third-order valence-corrected chi connectivity index (χ3v) is 6.92. The Kier molecular flexibility index (Phi) is 5.45. The summed E-state index contributed by atoms with van der Waals surface area (Å²) in [6, 6.07) is 48.1. The molecule has 0 aliphatic rings. The van der Waals surface area contributed by atoms with Crippen LogP contribution >= 0.6 is 0 Å². The van der Waals surface area contributed by atoms with Crippen LogP contribution in [0.1, 0.15) is 0 Å². The number of nitrogens with zero attached hydrogens (tertiary/aromatic N) is 3. The highest BCUT2D eigenvalue weighted by Gasteiger charge is 2.17. The third kappa shape index (κ3) is 3.91. The first-order chi connectivity index (χ1) is 18.8. The summed E-state index contributed by atoms with van der Waals surface area (Å²) in [6.45, 7) is 0. The van der Waals surface area contributed by atoms with Crippen molar-refractivity contribution in [2.24, 2.45) is 0 Å². The second kappa shape index (κ2) is 9.38. The number of benzene rings is 6. The summed E-state index contributed by atoms with van der Waals surface area (Å²) in [6.07, 6.45) is 0. The third-order valence-electron chi connectivity index (χ3n) is 6.92. The van der Waals surface area contributed by atoms with Gasteiger partial charge >= 0.3 is 0 Å². The first-order valence-electron chi connectivity index (χ1n) is 12.7. The summed E-state index contributed by atoms with van der Waals surface area (Å²) in [5.74, 6) is 1.99. The lowest BCUT2D eigenvalue weighted by atomic mass is 9.91. The Bertz CT molecular complexity index is 1840. The molecule has 1 aromatic heterocycles. The molecule has 0 bridgehead atoms. The van der Waals surface area contributed by atoms with Gasteiger partial charge in [0, 0.05) is 22.1 Å². The quantitative estimate of drug-likeness (QED) is 0.250.